The van der Waals surface area contributed by atoms with Crippen LogP contribution < -0.4 is 10.2 Å². The van der Waals surface area contributed by atoms with Gasteiger partial charge in [0.2, 0.25) is 5.91 Å². The third-order valence-corrected chi connectivity index (χ3v) is 3.71. The number of anilines is 2. The second kappa shape index (κ2) is 6.87. The minimum Gasteiger partial charge on any atom is -0.378 e. The first kappa shape index (κ1) is 17.1. The molecule has 1 amide bonds. The van der Waals surface area contributed by atoms with E-state index in [0.717, 1.165) is 12.1 Å². The predicted octanol–water partition coefficient (Wildman–Crippen LogP) is 3.26. The van der Waals surface area contributed by atoms with E-state index in [-0.39, 0.29) is 5.69 Å². The topological polar surface area (TPSA) is 41.6 Å². The number of hydrogen-bond donors (Lipinski definition) is 1. The molecule has 0 spiro atoms. The zero-order valence-corrected chi connectivity index (χ0v) is 13.5. The first-order valence-electron chi connectivity index (χ1n) is 6.78. The summed E-state index contributed by atoms with van der Waals surface area (Å²) in [6.07, 6.45) is -4.46. The summed E-state index contributed by atoms with van der Waals surface area (Å²) < 4.78 is 43.9. The maximum atomic E-state index is 12.9. The van der Waals surface area contributed by atoms with Crippen molar-refractivity contribution in [3.63, 3.8) is 0 Å². The number of alkyl halides is 4. The van der Waals surface area contributed by atoms with Crippen molar-refractivity contribution in [2.24, 2.45) is 0 Å². The number of benzene rings is 1. The van der Waals surface area contributed by atoms with Crippen LogP contribution in [0.1, 0.15) is 12.5 Å². The molecule has 1 aromatic rings. The van der Waals surface area contributed by atoms with Crippen molar-refractivity contribution in [3.05, 3.63) is 23.8 Å². The number of amides is 1. The van der Waals surface area contributed by atoms with Crippen LogP contribution in [0.3, 0.4) is 0 Å². The van der Waals surface area contributed by atoms with Gasteiger partial charge >= 0.3 is 6.18 Å². The van der Waals surface area contributed by atoms with Crippen LogP contribution in [-0.2, 0) is 15.7 Å². The Morgan fingerprint density at radius 1 is 1.36 bits per heavy atom. The van der Waals surface area contributed by atoms with Crippen LogP contribution in [0.2, 0.25) is 0 Å². The third kappa shape index (κ3) is 4.13. The molecule has 1 atom stereocenters. The molecule has 1 fully saturated rings. The number of rotatable bonds is 3. The average Bonchev–Trinajstić information content (AvgIpc) is 2.47. The molecule has 0 aromatic heterocycles. The largest absolute Gasteiger partial charge is 0.416 e. The van der Waals surface area contributed by atoms with E-state index in [2.05, 4.69) is 21.2 Å². The number of nitrogens with one attached hydrogen (secondary N) is 1. The predicted molar refractivity (Wildman–Crippen MR) is 81.5 cm³/mol. The van der Waals surface area contributed by atoms with Crippen molar-refractivity contribution in [3.8, 4) is 0 Å². The molecule has 1 saturated heterocycles. The van der Waals surface area contributed by atoms with Crippen molar-refractivity contribution in [1.29, 1.82) is 0 Å². The van der Waals surface area contributed by atoms with E-state index < -0.39 is 22.5 Å². The molecule has 1 heterocycles. The lowest BCUT2D eigenvalue weighted by molar-refractivity contribution is -0.137. The van der Waals surface area contributed by atoms with E-state index >= 15 is 0 Å². The van der Waals surface area contributed by atoms with Crippen molar-refractivity contribution < 1.29 is 22.7 Å². The number of ether oxygens (including phenoxy) is 1. The normalized spacial score (nSPS) is 17.2. The molecule has 22 heavy (non-hydrogen) atoms. The highest BCUT2D eigenvalue weighted by Crippen LogP contribution is 2.35. The minimum absolute atomic E-state index is 0.160. The summed E-state index contributed by atoms with van der Waals surface area (Å²) >= 11 is 3.11. The van der Waals surface area contributed by atoms with Gasteiger partial charge in [-0.2, -0.15) is 13.2 Å². The molecular formula is C14H16BrF3N2O2. The van der Waals surface area contributed by atoms with Gasteiger partial charge in [0.1, 0.15) is 0 Å². The van der Waals surface area contributed by atoms with Gasteiger partial charge < -0.3 is 15.0 Å². The van der Waals surface area contributed by atoms with Crippen molar-refractivity contribution in [2.45, 2.75) is 17.9 Å². The van der Waals surface area contributed by atoms with Gasteiger partial charge in [0.25, 0.3) is 0 Å². The molecule has 2 rings (SSSR count). The van der Waals surface area contributed by atoms with E-state index in [1.807, 2.05) is 4.90 Å². The molecule has 0 aliphatic carbocycles. The third-order valence-electron chi connectivity index (χ3n) is 3.29. The molecule has 8 heteroatoms. The van der Waals surface area contributed by atoms with E-state index in [9.17, 15) is 18.0 Å². The second-order valence-corrected chi connectivity index (χ2v) is 6.31. The van der Waals surface area contributed by atoms with Crippen molar-refractivity contribution >= 4 is 33.2 Å². The maximum Gasteiger partial charge on any atom is 0.416 e. The summed E-state index contributed by atoms with van der Waals surface area (Å²) in [4.78, 5) is 13.2. The maximum absolute atomic E-state index is 12.9. The van der Waals surface area contributed by atoms with Crippen LogP contribution in [0.15, 0.2) is 18.2 Å². The Labute approximate surface area is 134 Å². The van der Waals surface area contributed by atoms with Crippen molar-refractivity contribution in [1.82, 2.24) is 0 Å². The Kier molecular flexibility index (Phi) is 5.33. The lowest BCUT2D eigenvalue weighted by Gasteiger charge is -2.31. The van der Waals surface area contributed by atoms with E-state index in [1.54, 1.807) is 6.92 Å². The molecule has 1 aliphatic heterocycles. The standard InChI is InChI=1S/C14H16BrF3N2O2/c1-9(15)13(21)19-11-8-10(14(16,17)18)2-3-12(11)20-4-6-22-7-5-20/h2-3,8-9H,4-7H2,1H3,(H,19,21). The molecule has 1 N–H and O–H groups in total. The van der Waals surface area contributed by atoms with Gasteiger partial charge in [-0.1, -0.05) is 15.9 Å². The molecule has 1 aliphatic rings. The highest BCUT2D eigenvalue weighted by Gasteiger charge is 2.32. The van der Waals surface area contributed by atoms with Crippen LogP contribution in [0, 0.1) is 0 Å². The highest BCUT2D eigenvalue weighted by atomic mass is 79.9. The average molecular weight is 381 g/mol. The van der Waals surface area contributed by atoms with Crippen LogP contribution >= 0.6 is 15.9 Å². The lowest BCUT2D eigenvalue weighted by Crippen LogP contribution is -2.37. The second-order valence-electron chi connectivity index (χ2n) is 4.93. The van der Waals surface area contributed by atoms with Gasteiger partial charge in [0, 0.05) is 13.1 Å². The van der Waals surface area contributed by atoms with Gasteiger partial charge in [-0.15, -0.1) is 0 Å². The number of halogens is 4. The fraction of sp³-hybridized carbons (Fsp3) is 0.500. The summed E-state index contributed by atoms with van der Waals surface area (Å²) in [6.45, 7) is 3.75. The first-order valence-corrected chi connectivity index (χ1v) is 7.69. The monoisotopic (exact) mass is 380 g/mol. The fourth-order valence-corrected chi connectivity index (χ4v) is 2.24. The molecule has 1 aromatic carbocycles. The smallest absolute Gasteiger partial charge is 0.378 e. The highest BCUT2D eigenvalue weighted by molar-refractivity contribution is 9.10. The van der Waals surface area contributed by atoms with E-state index in [0.29, 0.717) is 32.0 Å². The molecule has 0 bridgehead atoms. The fourth-order valence-electron chi connectivity index (χ4n) is 2.12. The number of carbonyl (C=O) groups excluding carboxylic acids is 1. The van der Waals surface area contributed by atoms with E-state index in [4.69, 9.17) is 4.74 Å². The van der Waals surface area contributed by atoms with E-state index in [1.165, 1.54) is 6.07 Å². The molecule has 0 radical (unpaired) electrons. The SMILES string of the molecule is CC(Br)C(=O)Nc1cc(C(F)(F)F)ccc1N1CCOCC1. The summed E-state index contributed by atoms with van der Waals surface area (Å²) in [5.41, 5.74) is -0.0622. The van der Waals surface area contributed by atoms with Crippen molar-refractivity contribution in [2.75, 3.05) is 36.5 Å². The summed E-state index contributed by atoms with van der Waals surface area (Å²) in [5, 5.41) is 2.55. The number of morpholine rings is 1. The van der Waals surface area contributed by atoms with Crippen LogP contribution in [0.25, 0.3) is 0 Å². The number of carbonyl (C=O) groups is 1. The Morgan fingerprint density at radius 2 is 2.00 bits per heavy atom. The Hall–Kier alpha value is -1.28. The zero-order chi connectivity index (χ0) is 16.3. The zero-order valence-electron chi connectivity index (χ0n) is 11.9. The number of nitrogens with zero attached hydrogens (tertiary/aromatic N) is 1. The summed E-state index contributed by atoms with van der Waals surface area (Å²) in [6, 6.07) is 3.39. The number of hydrogen-bond acceptors (Lipinski definition) is 3. The van der Waals surface area contributed by atoms with Crippen LogP contribution in [0.5, 0.6) is 0 Å². The molecular weight excluding hydrogens is 365 g/mol. The van der Waals surface area contributed by atoms with Gasteiger partial charge in [-0.05, 0) is 25.1 Å². The molecule has 1 unspecified atom stereocenters. The molecule has 122 valence electrons. The van der Waals surface area contributed by atoms with Gasteiger partial charge in [0.15, 0.2) is 0 Å². The van der Waals surface area contributed by atoms with Gasteiger partial charge in [-0.3, -0.25) is 4.79 Å². The Balaban J connectivity index is 2.36. The van der Waals surface area contributed by atoms with Gasteiger partial charge in [0.05, 0.1) is 35.0 Å². The summed E-state index contributed by atoms with van der Waals surface area (Å²) in [5.74, 6) is -0.395. The molecule has 4 nitrogen and oxygen atoms in total. The summed E-state index contributed by atoms with van der Waals surface area (Å²) in [7, 11) is 0. The Bertz CT molecular complexity index is 543. The quantitative estimate of drug-likeness (QED) is 0.818. The minimum atomic E-state index is -4.46. The van der Waals surface area contributed by atoms with Crippen LogP contribution in [0.4, 0.5) is 24.5 Å². The molecule has 0 saturated carbocycles. The van der Waals surface area contributed by atoms with Gasteiger partial charge in [-0.25, -0.2) is 0 Å². The van der Waals surface area contributed by atoms with Crippen LogP contribution in [-0.4, -0.2) is 37.0 Å². The lowest BCUT2D eigenvalue weighted by atomic mass is 10.1. The Morgan fingerprint density at radius 3 is 2.55 bits per heavy atom. The first-order chi connectivity index (χ1) is 10.3.